The normalized spacial score (nSPS) is 11.2. The summed E-state index contributed by atoms with van der Waals surface area (Å²) in [4.78, 5) is 2.38. The maximum absolute atomic E-state index is 3.34. The van der Waals surface area contributed by atoms with E-state index in [9.17, 15) is 0 Å². The van der Waals surface area contributed by atoms with Crippen molar-refractivity contribution in [3.63, 3.8) is 0 Å². The van der Waals surface area contributed by atoms with Gasteiger partial charge in [0.1, 0.15) is 0 Å². The summed E-state index contributed by atoms with van der Waals surface area (Å²) in [5.41, 5.74) is 0. The van der Waals surface area contributed by atoms with E-state index in [1.54, 1.807) is 0 Å². The van der Waals surface area contributed by atoms with Crippen molar-refractivity contribution in [3.8, 4) is 0 Å². The van der Waals surface area contributed by atoms with Gasteiger partial charge in [0.2, 0.25) is 0 Å². The average Bonchev–Trinajstić information content (AvgIpc) is 2.44. The van der Waals surface area contributed by atoms with Crippen molar-refractivity contribution < 1.29 is 0 Å². The third kappa shape index (κ3) is 24.8. The lowest BCUT2D eigenvalue weighted by molar-refractivity contribution is 0.323. The zero-order chi connectivity index (χ0) is 17.2. The molecule has 0 saturated carbocycles. The van der Waals surface area contributed by atoms with Crippen molar-refractivity contribution in [1.29, 1.82) is 0 Å². The highest BCUT2D eigenvalue weighted by atomic mass is 15.1. The Hall–Kier alpha value is -0.200. The highest BCUT2D eigenvalue weighted by Gasteiger charge is 1.96. The van der Waals surface area contributed by atoms with Gasteiger partial charge >= 0.3 is 0 Å². The van der Waals surface area contributed by atoms with Crippen molar-refractivity contribution in [2.45, 2.75) is 52.6 Å². The minimum absolute atomic E-state index is 0.606. The zero-order valence-corrected chi connectivity index (χ0v) is 16.3. The van der Waals surface area contributed by atoms with Gasteiger partial charge in [-0.3, -0.25) is 0 Å². The lowest BCUT2D eigenvalue weighted by atomic mass is 10.3. The third-order valence-corrected chi connectivity index (χ3v) is 3.16. The van der Waals surface area contributed by atoms with Crippen LogP contribution in [0.5, 0.6) is 0 Å². The van der Waals surface area contributed by atoms with Crippen LogP contribution in [-0.2, 0) is 0 Å². The largest absolute Gasteiger partial charge is 0.320 e. The topological polar surface area (TPSA) is 51.4 Å². The molecule has 0 atom stereocenters. The molecule has 0 amide bonds. The Morgan fingerprint density at radius 2 is 1.05 bits per heavy atom. The summed E-state index contributed by atoms with van der Waals surface area (Å²) in [7, 11) is 6.19. The Morgan fingerprint density at radius 1 is 0.682 bits per heavy atom. The quantitative estimate of drug-likeness (QED) is 0.384. The van der Waals surface area contributed by atoms with E-state index in [-0.39, 0.29) is 0 Å². The first-order valence-corrected chi connectivity index (χ1v) is 8.88. The van der Waals surface area contributed by atoms with E-state index < -0.39 is 0 Å². The second-order valence-corrected chi connectivity index (χ2v) is 6.44. The fourth-order valence-electron chi connectivity index (χ4n) is 1.88. The highest BCUT2D eigenvalue weighted by molar-refractivity contribution is 4.57. The van der Waals surface area contributed by atoms with E-state index in [2.05, 4.69) is 60.9 Å². The first-order chi connectivity index (χ1) is 10.4. The van der Waals surface area contributed by atoms with Crippen molar-refractivity contribution >= 4 is 0 Å². The van der Waals surface area contributed by atoms with Crippen molar-refractivity contribution in [3.05, 3.63) is 0 Å². The molecule has 0 aliphatic rings. The molecule has 5 nitrogen and oxygen atoms in total. The molecule has 0 aliphatic heterocycles. The van der Waals surface area contributed by atoms with Crippen LogP contribution in [0.15, 0.2) is 0 Å². The summed E-state index contributed by atoms with van der Waals surface area (Å²) in [5, 5.41) is 13.0. The van der Waals surface area contributed by atoms with Gasteiger partial charge in [0.25, 0.3) is 0 Å². The lowest BCUT2D eigenvalue weighted by Gasteiger charge is -2.15. The predicted octanol–water partition coefficient (Wildman–Crippen LogP) is 1.12. The number of hydrogen-bond donors (Lipinski definition) is 4. The summed E-state index contributed by atoms with van der Waals surface area (Å²) in [6, 6.07) is 1.21. The smallest absolute Gasteiger partial charge is 0.00791 e. The van der Waals surface area contributed by atoms with Gasteiger partial charge in [-0.15, -0.1) is 0 Å². The summed E-state index contributed by atoms with van der Waals surface area (Å²) >= 11 is 0. The van der Waals surface area contributed by atoms with Crippen LogP contribution in [0.2, 0.25) is 0 Å². The SMILES string of the molecule is CC(C)NCCNC(C)C.CNCCCN(C)CCCNC. The summed E-state index contributed by atoms with van der Waals surface area (Å²) in [6.45, 7) is 15.4. The molecule has 0 bridgehead atoms. The van der Waals surface area contributed by atoms with Crippen LogP contribution in [0.4, 0.5) is 0 Å². The zero-order valence-electron chi connectivity index (χ0n) is 16.3. The molecule has 4 N–H and O–H groups in total. The molecular weight excluding hydrogens is 274 g/mol. The summed E-state index contributed by atoms with van der Waals surface area (Å²) < 4.78 is 0. The Balaban J connectivity index is 0. The van der Waals surface area contributed by atoms with E-state index >= 15 is 0 Å². The van der Waals surface area contributed by atoms with Crippen LogP contribution < -0.4 is 21.3 Å². The van der Waals surface area contributed by atoms with E-state index in [0.717, 1.165) is 26.2 Å². The minimum Gasteiger partial charge on any atom is -0.320 e. The molecule has 0 rings (SSSR count). The van der Waals surface area contributed by atoms with Gasteiger partial charge in [-0.05, 0) is 60.2 Å². The molecule has 0 aliphatic carbocycles. The van der Waals surface area contributed by atoms with E-state index in [1.807, 2.05) is 14.1 Å². The molecule has 136 valence electrons. The fraction of sp³-hybridized carbons (Fsp3) is 1.00. The summed E-state index contributed by atoms with van der Waals surface area (Å²) in [5.74, 6) is 0. The Morgan fingerprint density at radius 3 is 1.32 bits per heavy atom. The van der Waals surface area contributed by atoms with Crippen LogP contribution in [0.3, 0.4) is 0 Å². The Labute approximate surface area is 140 Å². The van der Waals surface area contributed by atoms with E-state index in [0.29, 0.717) is 12.1 Å². The van der Waals surface area contributed by atoms with Gasteiger partial charge in [0.05, 0.1) is 0 Å². The van der Waals surface area contributed by atoms with Crippen LogP contribution in [-0.4, -0.2) is 77.4 Å². The van der Waals surface area contributed by atoms with Gasteiger partial charge < -0.3 is 26.2 Å². The fourth-order valence-corrected chi connectivity index (χ4v) is 1.88. The average molecular weight is 318 g/mol. The van der Waals surface area contributed by atoms with Gasteiger partial charge in [-0.2, -0.15) is 0 Å². The van der Waals surface area contributed by atoms with Crippen molar-refractivity contribution in [2.24, 2.45) is 0 Å². The summed E-state index contributed by atoms with van der Waals surface area (Å²) in [6.07, 6.45) is 2.49. The molecule has 22 heavy (non-hydrogen) atoms. The number of hydrogen-bond acceptors (Lipinski definition) is 5. The molecule has 0 spiro atoms. The second-order valence-electron chi connectivity index (χ2n) is 6.44. The lowest BCUT2D eigenvalue weighted by Crippen LogP contribution is -2.34. The Bertz CT molecular complexity index is 177. The standard InChI is InChI=1S/C9H23N3.C8H20N2/c1-10-6-4-8-12(3)9-5-7-11-2;1-7(2)9-5-6-10-8(3)4/h10-11H,4-9H2,1-3H3;7-10H,5-6H2,1-4H3. The van der Waals surface area contributed by atoms with Crippen LogP contribution >= 0.6 is 0 Å². The third-order valence-electron chi connectivity index (χ3n) is 3.16. The van der Waals surface area contributed by atoms with Gasteiger partial charge in [-0.25, -0.2) is 0 Å². The van der Waals surface area contributed by atoms with E-state index in [1.165, 1.54) is 25.9 Å². The molecule has 0 radical (unpaired) electrons. The first kappa shape index (κ1) is 24.1. The maximum atomic E-state index is 3.34. The minimum atomic E-state index is 0.606. The molecule has 0 heterocycles. The number of rotatable bonds is 13. The van der Waals surface area contributed by atoms with Crippen molar-refractivity contribution in [2.75, 3.05) is 60.4 Å². The monoisotopic (exact) mass is 317 g/mol. The molecule has 0 saturated heterocycles. The molecule has 0 aromatic carbocycles. The number of nitrogens with one attached hydrogen (secondary N) is 4. The first-order valence-electron chi connectivity index (χ1n) is 8.88. The number of nitrogens with zero attached hydrogens (tertiary/aromatic N) is 1. The van der Waals surface area contributed by atoms with Crippen LogP contribution in [0.1, 0.15) is 40.5 Å². The van der Waals surface area contributed by atoms with Gasteiger partial charge in [0, 0.05) is 25.2 Å². The predicted molar refractivity (Wildman–Crippen MR) is 101 cm³/mol. The highest BCUT2D eigenvalue weighted by Crippen LogP contribution is 1.88. The van der Waals surface area contributed by atoms with Gasteiger partial charge in [0.15, 0.2) is 0 Å². The molecule has 0 aromatic heterocycles. The van der Waals surface area contributed by atoms with Crippen LogP contribution in [0, 0.1) is 0 Å². The second kappa shape index (κ2) is 18.8. The molecule has 0 unspecified atom stereocenters. The van der Waals surface area contributed by atoms with Crippen LogP contribution in [0.25, 0.3) is 0 Å². The molecule has 5 heteroatoms. The molecule has 0 aromatic rings. The van der Waals surface area contributed by atoms with E-state index in [4.69, 9.17) is 0 Å². The van der Waals surface area contributed by atoms with Gasteiger partial charge in [-0.1, -0.05) is 27.7 Å². The Kier molecular flexibility index (Phi) is 20.6. The molecule has 0 fully saturated rings. The maximum Gasteiger partial charge on any atom is 0.00791 e. The molecular formula is C17H43N5. The van der Waals surface area contributed by atoms with Crippen molar-refractivity contribution in [1.82, 2.24) is 26.2 Å².